The van der Waals surface area contributed by atoms with E-state index in [1.807, 2.05) is 6.92 Å². The second-order valence-electron chi connectivity index (χ2n) is 4.89. The number of hydrogen-bond donors (Lipinski definition) is 5. The molecule has 0 bridgehead atoms. The smallest absolute Gasteiger partial charge is 0.194 e. The van der Waals surface area contributed by atoms with Crippen molar-refractivity contribution in [2.45, 2.75) is 27.1 Å². The number of rotatable bonds is 2. The molecule has 0 aliphatic rings. The lowest BCUT2D eigenvalue weighted by Gasteiger charge is -2.09. The molecule has 7 N–H and O–H groups in total. The highest BCUT2D eigenvalue weighted by molar-refractivity contribution is 5.55. The minimum absolute atomic E-state index is 0.0732. The van der Waals surface area contributed by atoms with E-state index in [0.29, 0.717) is 17.1 Å². The number of aromatic hydroxyl groups is 2. The van der Waals surface area contributed by atoms with Crippen LogP contribution in [-0.4, -0.2) is 21.6 Å². The van der Waals surface area contributed by atoms with Gasteiger partial charge in [0.1, 0.15) is 5.75 Å². The van der Waals surface area contributed by atoms with Gasteiger partial charge in [-0.15, -0.1) is 0 Å². The topological polar surface area (TPSA) is 122 Å². The molecule has 1 unspecified atom stereocenters. The second kappa shape index (κ2) is 7.42. The lowest BCUT2D eigenvalue weighted by molar-refractivity contribution is -0.00206. The number of anilines is 2. The largest absolute Gasteiger partial charge is 0.507 e. The molecule has 2 aromatic carbocycles. The fraction of sp³-hybridized carbons (Fsp3) is 0.250. The van der Waals surface area contributed by atoms with Crippen molar-refractivity contribution in [3.8, 4) is 17.2 Å². The molecule has 120 valence electrons. The molecule has 0 amide bonds. The van der Waals surface area contributed by atoms with Gasteiger partial charge in [-0.3, -0.25) is 0 Å². The maximum absolute atomic E-state index is 9.31. The van der Waals surface area contributed by atoms with Gasteiger partial charge in [0.25, 0.3) is 0 Å². The molecule has 1 atom stereocenters. The van der Waals surface area contributed by atoms with Crippen molar-refractivity contribution in [1.29, 1.82) is 0 Å². The first-order valence-corrected chi connectivity index (χ1v) is 6.70. The van der Waals surface area contributed by atoms with Crippen LogP contribution in [0.3, 0.4) is 0 Å². The molecule has 22 heavy (non-hydrogen) atoms. The minimum atomic E-state index is -0.945. The van der Waals surface area contributed by atoms with E-state index in [4.69, 9.17) is 21.3 Å². The van der Waals surface area contributed by atoms with Crippen LogP contribution in [0.5, 0.6) is 17.2 Å². The lowest BCUT2D eigenvalue weighted by Crippen LogP contribution is -2.09. The predicted octanol–water partition coefficient (Wildman–Crippen LogP) is 2.28. The normalized spacial score (nSPS) is 11.3. The summed E-state index contributed by atoms with van der Waals surface area (Å²) >= 11 is 0. The number of aryl methyl sites for hydroxylation is 1. The van der Waals surface area contributed by atoms with Gasteiger partial charge in [-0.2, -0.15) is 0 Å². The highest BCUT2D eigenvalue weighted by atomic mass is 16.6. The summed E-state index contributed by atoms with van der Waals surface area (Å²) < 4.78 is 4.85. The quantitative estimate of drug-likeness (QED) is 0.428. The molecular weight excluding hydrogens is 284 g/mol. The van der Waals surface area contributed by atoms with Crippen LogP contribution in [0, 0.1) is 13.8 Å². The Morgan fingerprint density at radius 3 is 2.18 bits per heavy atom. The SMILES string of the molecule is CC(O)Oc1ccc(N)cc1O.Cc1ccc(N)c(C)c1O. The fourth-order valence-corrected chi connectivity index (χ4v) is 1.67. The molecule has 0 aliphatic heterocycles. The minimum Gasteiger partial charge on any atom is -0.507 e. The molecule has 0 aromatic heterocycles. The van der Waals surface area contributed by atoms with Crippen molar-refractivity contribution in [2.24, 2.45) is 0 Å². The number of hydrogen-bond acceptors (Lipinski definition) is 6. The number of nitrogens with two attached hydrogens (primary N) is 2. The number of nitrogen functional groups attached to an aromatic ring is 2. The van der Waals surface area contributed by atoms with E-state index in [1.165, 1.54) is 19.1 Å². The van der Waals surface area contributed by atoms with Crippen LogP contribution >= 0.6 is 0 Å². The maximum Gasteiger partial charge on any atom is 0.194 e. The lowest BCUT2D eigenvalue weighted by atomic mass is 10.1. The van der Waals surface area contributed by atoms with Crippen LogP contribution < -0.4 is 16.2 Å². The molecule has 6 nitrogen and oxygen atoms in total. The average molecular weight is 306 g/mol. The van der Waals surface area contributed by atoms with Crippen molar-refractivity contribution >= 4 is 11.4 Å². The molecule has 0 heterocycles. The molecule has 6 heteroatoms. The Kier molecular flexibility index (Phi) is 5.89. The molecule has 0 aliphatic carbocycles. The van der Waals surface area contributed by atoms with Crippen molar-refractivity contribution in [3.63, 3.8) is 0 Å². The molecular formula is C16H22N2O4. The molecule has 2 rings (SSSR count). The summed E-state index contributed by atoms with van der Waals surface area (Å²) in [5, 5.41) is 27.4. The van der Waals surface area contributed by atoms with E-state index in [1.54, 1.807) is 25.1 Å². The second-order valence-corrected chi connectivity index (χ2v) is 4.89. The van der Waals surface area contributed by atoms with Crippen molar-refractivity contribution < 1.29 is 20.1 Å². The van der Waals surface area contributed by atoms with Crippen LogP contribution in [0.25, 0.3) is 0 Å². The summed E-state index contributed by atoms with van der Waals surface area (Å²) in [6, 6.07) is 8.04. The summed E-state index contributed by atoms with van der Waals surface area (Å²) in [4.78, 5) is 0. The van der Waals surface area contributed by atoms with Crippen LogP contribution in [0.15, 0.2) is 30.3 Å². The Labute approximate surface area is 129 Å². The molecule has 2 aromatic rings. The molecule has 0 spiro atoms. The number of phenols is 2. The Morgan fingerprint density at radius 2 is 1.68 bits per heavy atom. The molecule has 0 fully saturated rings. The van der Waals surface area contributed by atoms with E-state index in [9.17, 15) is 10.2 Å². The monoisotopic (exact) mass is 306 g/mol. The summed E-state index contributed by atoms with van der Waals surface area (Å²) in [6.45, 7) is 5.11. The molecule has 0 saturated carbocycles. The summed E-state index contributed by atoms with van der Waals surface area (Å²) in [6.07, 6.45) is -0.945. The number of ether oxygens (including phenoxy) is 1. The highest BCUT2D eigenvalue weighted by Gasteiger charge is 2.04. The summed E-state index contributed by atoms with van der Waals surface area (Å²) in [5.74, 6) is 0.454. The molecule has 0 saturated heterocycles. The predicted molar refractivity (Wildman–Crippen MR) is 86.8 cm³/mol. The first-order valence-electron chi connectivity index (χ1n) is 6.70. The van der Waals surface area contributed by atoms with E-state index >= 15 is 0 Å². The molecule has 0 radical (unpaired) electrons. The average Bonchev–Trinajstić information content (AvgIpc) is 2.44. The van der Waals surface area contributed by atoms with E-state index in [0.717, 1.165) is 11.1 Å². The zero-order chi connectivity index (χ0) is 16.9. The third-order valence-electron chi connectivity index (χ3n) is 2.96. The van der Waals surface area contributed by atoms with Gasteiger partial charge in [0.15, 0.2) is 17.8 Å². The van der Waals surface area contributed by atoms with E-state index in [-0.39, 0.29) is 11.5 Å². The van der Waals surface area contributed by atoms with Gasteiger partial charge in [-0.1, -0.05) is 6.07 Å². The van der Waals surface area contributed by atoms with Gasteiger partial charge >= 0.3 is 0 Å². The maximum atomic E-state index is 9.31. The van der Waals surface area contributed by atoms with Gasteiger partial charge in [-0.25, -0.2) is 0 Å². The first kappa shape index (κ1) is 17.5. The Balaban J connectivity index is 0.000000224. The first-order chi connectivity index (χ1) is 10.2. The van der Waals surface area contributed by atoms with Crippen LogP contribution in [0.1, 0.15) is 18.1 Å². The number of benzene rings is 2. The highest BCUT2D eigenvalue weighted by Crippen LogP contribution is 2.28. The van der Waals surface area contributed by atoms with Crippen LogP contribution in [0.2, 0.25) is 0 Å². The zero-order valence-corrected chi connectivity index (χ0v) is 12.9. The van der Waals surface area contributed by atoms with Crippen LogP contribution in [0.4, 0.5) is 11.4 Å². The number of aliphatic hydroxyl groups excluding tert-OH is 1. The van der Waals surface area contributed by atoms with Crippen molar-refractivity contribution in [1.82, 2.24) is 0 Å². The van der Waals surface area contributed by atoms with E-state index < -0.39 is 6.29 Å². The fourth-order valence-electron chi connectivity index (χ4n) is 1.67. The number of aliphatic hydroxyl groups is 1. The summed E-state index contributed by atoms with van der Waals surface area (Å²) in [5.41, 5.74) is 13.6. The third kappa shape index (κ3) is 4.75. The van der Waals surface area contributed by atoms with Gasteiger partial charge in [0.05, 0.1) is 0 Å². The zero-order valence-electron chi connectivity index (χ0n) is 12.9. The van der Waals surface area contributed by atoms with Crippen LogP contribution in [-0.2, 0) is 0 Å². The Hall–Kier alpha value is -2.60. The van der Waals surface area contributed by atoms with Gasteiger partial charge in [-0.05, 0) is 44.5 Å². The number of phenolic OH excluding ortho intramolecular Hbond substituents is 2. The van der Waals surface area contributed by atoms with Gasteiger partial charge in [0.2, 0.25) is 0 Å². The van der Waals surface area contributed by atoms with Crippen molar-refractivity contribution in [2.75, 3.05) is 11.5 Å². The third-order valence-corrected chi connectivity index (χ3v) is 2.96. The van der Waals surface area contributed by atoms with Gasteiger partial charge < -0.3 is 31.5 Å². The standard InChI is InChI=1S/C8H11NO3.C8H11NO/c1-5(10)12-8-3-2-6(9)4-7(8)11;1-5-3-4-7(9)6(2)8(5)10/h2-5,10-11H,9H2,1H3;3-4,10H,9H2,1-2H3. The summed E-state index contributed by atoms with van der Waals surface area (Å²) in [7, 11) is 0. The Bertz CT molecular complexity index is 615. The Morgan fingerprint density at radius 1 is 1.05 bits per heavy atom. The van der Waals surface area contributed by atoms with E-state index in [2.05, 4.69) is 0 Å². The van der Waals surface area contributed by atoms with Gasteiger partial charge in [0, 0.05) is 23.0 Å². The van der Waals surface area contributed by atoms with Crippen molar-refractivity contribution in [3.05, 3.63) is 41.5 Å².